The van der Waals surface area contributed by atoms with Crippen molar-refractivity contribution < 1.29 is 29.3 Å². The minimum atomic E-state index is -2.52. The minimum Gasteiger partial charge on any atom is -0.480 e. The molecule has 2 N–H and O–H groups in total. The molecular formula is C10H16O6. The molecule has 0 aliphatic heterocycles. The predicted octanol–water partition coefficient (Wildman–Crippen LogP) is 0.894. The van der Waals surface area contributed by atoms with Crippen LogP contribution in [0.25, 0.3) is 0 Å². The monoisotopic (exact) mass is 232 g/mol. The van der Waals surface area contributed by atoms with E-state index in [1.807, 2.05) is 0 Å². The summed E-state index contributed by atoms with van der Waals surface area (Å²) in [6, 6.07) is 0. The average molecular weight is 232 g/mol. The van der Waals surface area contributed by atoms with Crippen molar-refractivity contribution in [2.75, 3.05) is 0 Å². The zero-order chi connectivity index (χ0) is 13.1. The highest BCUT2D eigenvalue weighted by atomic mass is 16.6. The van der Waals surface area contributed by atoms with Gasteiger partial charge in [-0.1, -0.05) is 6.92 Å². The van der Waals surface area contributed by atoms with E-state index in [0.717, 1.165) is 0 Å². The second kappa shape index (κ2) is 4.51. The van der Waals surface area contributed by atoms with Crippen LogP contribution < -0.4 is 0 Å². The average Bonchev–Trinajstić information content (AvgIpc) is 2.00. The summed E-state index contributed by atoms with van der Waals surface area (Å²) in [4.78, 5) is 33.5. The molecule has 0 aromatic rings. The van der Waals surface area contributed by atoms with Crippen LogP contribution >= 0.6 is 0 Å². The molecule has 0 atom stereocenters. The van der Waals surface area contributed by atoms with E-state index in [0.29, 0.717) is 0 Å². The topological polar surface area (TPSA) is 101 Å². The Kier molecular flexibility index (Phi) is 4.06. The van der Waals surface area contributed by atoms with Gasteiger partial charge in [-0.25, -0.2) is 0 Å². The van der Waals surface area contributed by atoms with Gasteiger partial charge in [0.05, 0.1) is 0 Å². The molecule has 0 aromatic heterocycles. The van der Waals surface area contributed by atoms with Gasteiger partial charge in [0.15, 0.2) is 0 Å². The standard InChI is InChI=1S/C10H16O6/c1-5-10(6(11)12,7(13)14)8(15)16-9(2,3)4/h5H2,1-4H3,(H,11,12)(H,13,14). The molecular weight excluding hydrogens is 216 g/mol. The lowest BCUT2D eigenvalue weighted by atomic mass is 9.85. The first-order valence-electron chi connectivity index (χ1n) is 4.78. The number of ether oxygens (including phenoxy) is 1. The summed E-state index contributed by atoms with van der Waals surface area (Å²) in [6.07, 6.45) is -0.368. The highest BCUT2D eigenvalue weighted by molar-refractivity contribution is 6.16. The fraction of sp³-hybridized carbons (Fsp3) is 0.700. The van der Waals surface area contributed by atoms with Crippen LogP contribution in [0.2, 0.25) is 0 Å². The zero-order valence-electron chi connectivity index (χ0n) is 9.73. The number of carboxylic acids is 2. The first kappa shape index (κ1) is 14.4. The normalized spacial score (nSPS) is 12.0. The number of carbonyl (C=O) groups is 3. The Morgan fingerprint density at radius 2 is 1.44 bits per heavy atom. The number of hydrogen-bond donors (Lipinski definition) is 2. The van der Waals surface area contributed by atoms with Crippen LogP contribution in [0.1, 0.15) is 34.1 Å². The number of esters is 1. The minimum absolute atomic E-state index is 0.368. The molecule has 0 spiro atoms. The third-order valence-corrected chi connectivity index (χ3v) is 2.01. The molecule has 0 radical (unpaired) electrons. The summed E-state index contributed by atoms with van der Waals surface area (Å²) in [5.74, 6) is -4.67. The molecule has 0 unspecified atom stereocenters. The van der Waals surface area contributed by atoms with Crippen LogP contribution in [0, 0.1) is 5.41 Å². The largest absolute Gasteiger partial charge is 0.480 e. The van der Waals surface area contributed by atoms with Gasteiger partial charge in [-0.15, -0.1) is 0 Å². The highest BCUT2D eigenvalue weighted by Crippen LogP contribution is 2.27. The maximum absolute atomic E-state index is 11.6. The summed E-state index contributed by atoms with van der Waals surface area (Å²) in [5, 5.41) is 17.8. The van der Waals surface area contributed by atoms with Gasteiger partial charge in [-0.3, -0.25) is 14.4 Å². The van der Waals surface area contributed by atoms with E-state index in [2.05, 4.69) is 0 Å². The summed E-state index contributed by atoms with van der Waals surface area (Å²) in [7, 11) is 0. The quantitative estimate of drug-likeness (QED) is 0.551. The van der Waals surface area contributed by atoms with Crippen LogP contribution in [-0.2, 0) is 19.1 Å². The molecule has 0 rings (SSSR count). The van der Waals surface area contributed by atoms with Gasteiger partial charge in [0.2, 0.25) is 0 Å². The molecule has 0 aliphatic rings. The number of carbonyl (C=O) groups excluding carboxylic acids is 1. The first-order valence-corrected chi connectivity index (χ1v) is 4.78. The van der Waals surface area contributed by atoms with Crippen molar-refractivity contribution in [3.05, 3.63) is 0 Å². The Morgan fingerprint density at radius 3 is 1.62 bits per heavy atom. The SMILES string of the molecule is CCC(C(=O)O)(C(=O)O)C(=O)OC(C)(C)C. The van der Waals surface area contributed by atoms with Gasteiger partial charge in [0.1, 0.15) is 5.60 Å². The molecule has 92 valence electrons. The first-order chi connectivity index (χ1) is 7.08. The summed E-state index contributed by atoms with van der Waals surface area (Å²) in [6.45, 7) is 5.92. The van der Waals surface area contributed by atoms with Gasteiger partial charge >= 0.3 is 17.9 Å². The van der Waals surface area contributed by atoms with Crippen molar-refractivity contribution in [1.29, 1.82) is 0 Å². The lowest BCUT2D eigenvalue weighted by molar-refractivity contribution is -0.184. The maximum atomic E-state index is 11.6. The third-order valence-electron chi connectivity index (χ3n) is 2.01. The Morgan fingerprint density at radius 1 is 1.06 bits per heavy atom. The van der Waals surface area contributed by atoms with Crippen LogP contribution in [0.4, 0.5) is 0 Å². The Labute approximate surface area is 93.2 Å². The number of rotatable bonds is 4. The van der Waals surface area contributed by atoms with E-state index in [4.69, 9.17) is 14.9 Å². The molecule has 0 heterocycles. The van der Waals surface area contributed by atoms with Crippen molar-refractivity contribution in [1.82, 2.24) is 0 Å². The Bertz CT molecular complexity index is 298. The third kappa shape index (κ3) is 2.71. The summed E-state index contributed by atoms with van der Waals surface area (Å²) >= 11 is 0. The number of hydrogen-bond acceptors (Lipinski definition) is 4. The predicted molar refractivity (Wildman–Crippen MR) is 53.8 cm³/mol. The molecule has 0 saturated heterocycles. The lowest BCUT2D eigenvalue weighted by Gasteiger charge is -2.27. The number of carboxylic acid groups (broad SMARTS) is 2. The second-order valence-electron chi connectivity index (χ2n) is 4.37. The van der Waals surface area contributed by atoms with Crippen LogP contribution in [0.3, 0.4) is 0 Å². The number of aliphatic carboxylic acids is 2. The summed E-state index contributed by atoms with van der Waals surface area (Å²) in [5.41, 5.74) is -3.45. The van der Waals surface area contributed by atoms with Crippen LogP contribution in [0.5, 0.6) is 0 Å². The van der Waals surface area contributed by atoms with Gasteiger partial charge in [-0.2, -0.15) is 0 Å². The maximum Gasteiger partial charge on any atom is 0.335 e. The molecule has 0 amide bonds. The fourth-order valence-electron chi connectivity index (χ4n) is 1.08. The van der Waals surface area contributed by atoms with E-state index in [-0.39, 0.29) is 6.42 Å². The smallest absolute Gasteiger partial charge is 0.335 e. The van der Waals surface area contributed by atoms with Crippen LogP contribution in [-0.4, -0.2) is 33.7 Å². The molecule has 0 aromatic carbocycles. The molecule has 0 fully saturated rings. The zero-order valence-corrected chi connectivity index (χ0v) is 9.73. The Balaban J connectivity index is 5.29. The molecule has 16 heavy (non-hydrogen) atoms. The van der Waals surface area contributed by atoms with Gasteiger partial charge in [-0.05, 0) is 27.2 Å². The van der Waals surface area contributed by atoms with E-state index in [1.165, 1.54) is 27.7 Å². The van der Waals surface area contributed by atoms with Crippen molar-refractivity contribution in [2.45, 2.75) is 39.7 Å². The van der Waals surface area contributed by atoms with Crippen molar-refractivity contribution >= 4 is 17.9 Å². The van der Waals surface area contributed by atoms with E-state index in [9.17, 15) is 14.4 Å². The summed E-state index contributed by atoms with van der Waals surface area (Å²) < 4.78 is 4.82. The van der Waals surface area contributed by atoms with E-state index in [1.54, 1.807) is 0 Å². The Hall–Kier alpha value is -1.59. The van der Waals surface area contributed by atoms with Gasteiger partial charge in [0.25, 0.3) is 5.41 Å². The van der Waals surface area contributed by atoms with Crippen molar-refractivity contribution in [2.24, 2.45) is 5.41 Å². The lowest BCUT2D eigenvalue weighted by Crippen LogP contribution is -2.49. The molecule has 0 aliphatic carbocycles. The molecule has 0 bridgehead atoms. The van der Waals surface area contributed by atoms with Crippen molar-refractivity contribution in [3.63, 3.8) is 0 Å². The highest BCUT2D eigenvalue weighted by Gasteiger charge is 2.54. The molecule has 0 saturated carbocycles. The van der Waals surface area contributed by atoms with Crippen molar-refractivity contribution in [3.8, 4) is 0 Å². The van der Waals surface area contributed by atoms with E-state index < -0.39 is 28.9 Å². The second-order valence-corrected chi connectivity index (χ2v) is 4.37. The van der Waals surface area contributed by atoms with Gasteiger partial charge < -0.3 is 14.9 Å². The van der Waals surface area contributed by atoms with E-state index >= 15 is 0 Å². The fourth-order valence-corrected chi connectivity index (χ4v) is 1.08. The molecule has 6 heteroatoms. The molecule has 6 nitrogen and oxygen atoms in total. The van der Waals surface area contributed by atoms with Gasteiger partial charge in [0, 0.05) is 0 Å². The van der Waals surface area contributed by atoms with Crippen LogP contribution in [0.15, 0.2) is 0 Å².